The number of carboxylic acid groups (broad SMARTS) is 1. The second-order valence-electron chi connectivity index (χ2n) is 7.98. The number of carboxylic acids is 1. The Bertz CT molecular complexity index is 1290. The van der Waals surface area contributed by atoms with Crippen LogP contribution in [0.4, 0.5) is 20.4 Å². The van der Waals surface area contributed by atoms with Gasteiger partial charge in [-0.15, -0.1) is 0 Å². The van der Waals surface area contributed by atoms with E-state index >= 15 is 4.39 Å². The van der Waals surface area contributed by atoms with Crippen LogP contribution in [-0.2, 0) is 0 Å². The summed E-state index contributed by atoms with van der Waals surface area (Å²) in [5.74, 6) is -2.05. The second-order valence-corrected chi connectivity index (χ2v) is 7.98. The summed E-state index contributed by atoms with van der Waals surface area (Å²) >= 11 is 0. The molecule has 2 N–H and O–H groups in total. The number of halogens is 2. The molecule has 0 bridgehead atoms. The first-order valence-electron chi connectivity index (χ1n) is 10.1. The van der Waals surface area contributed by atoms with E-state index < -0.39 is 28.6 Å². The predicted octanol–water partition coefficient (Wildman–Crippen LogP) is 2.41. The summed E-state index contributed by atoms with van der Waals surface area (Å²) in [6.45, 7) is 2.95. The van der Waals surface area contributed by atoms with Crippen molar-refractivity contribution in [3.05, 3.63) is 52.1 Å². The van der Waals surface area contributed by atoms with Crippen LogP contribution in [0, 0.1) is 11.6 Å². The third-order valence-corrected chi connectivity index (χ3v) is 5.83. The molecule has 1 fully saturated rings. The molecule has 1 aromatic carbocycles. The number of nitrogens with zero attached hydrogens (tertiary/aromatic N) is 4. The Balaban J connectivity index is 1.55. The molecule has 3 aromatic rings. The summed E-state index contributed by atoms with van der Waals surface area (Å²) in [4.78, 5) is 33.8. The van der Waals surface area contributed by atoms with Crippen molar-refractivity contribution < 1.29 is 23.4 Å². The van der Waals surface area contributed by atoms with Crippen LogP contribution in [0.15, 0.2) is 29.5 Å². The van der Waals surface area contributed by atoms with Crippen molar-refractivity contribution >= 4 is 28.5 Å². The van der Waals surface area contributed by atoms with Gasteiger partial charge in [-0.05, 0) is 19.4 Å². The molecule has 0 radical (unpaired) electrons. The number of pyridine rings is 1. The molecule has 4 heterocycles. The van der Waals surface area contributed by atoms with Crippen molar-refractivity contribution in [3.8, 4) is 5.75 Å². The molecule has 1 unspecified atom stereocenters. The molecule has 0 aliphatic carbocycles. The molecule has 0 saturated carbocycles. The number of carbonyl (C=O) groups is 1. The first-order valence-corrected chi connectivity index (χ1v) is 10.1. The molecule has 5 rings (SSSR count). The molecule has 32 heavy (non-hydrogen) atoms. The Labute approximate surface area is 180 Å². The van der Waals surface area contributed by atoms with E-state index in [4.69, 9.17) is 4.74 Å². The highest BCUT2D eigenvalue weighted by Crippen LogP contribution is 2.42. The van der Waals surface area contributed by atoms with E-state index in [1.165, 1.54) is 6.20 Å². The van der Waals surface area contributed by atoms with Crippen LogP contribution in [0.25, 0.3) is 10.9 Å². The smallest absolute Gasteiger partial charge is 0.341 e. The van der Waals surface area contributed by atoms with Crippen LogP contribution in [0.1, 0.15) is 29.7 Å². The van der Waals surface area contributed by atoms with Crippen molar-refractivity contribution in [2.45, 2.75) is 25.4 Å². The fraction of sp³-hybridized carbons (Fsp3) is 0.333. The van der Waals surface area contributed by atoms with Crippen molar-refractivity contribution in [1.82, 2.24) is 14.5 Å². The number of anilines is 2. The Morgan fingerprint density at radius 3 is 2.78 bits per heavy atom. The highest BCUT2D eigenvalue weighted by molar-refractivity contribution is 5.97. The quantitative estimate of drug-likeness (QED) is 0.633. The van der Waals surface area contributed by atoms with E-state index in [2.05, 4.69) is 15.3 Å². The lowest BCUT2D eigenvalue weighted by molar-refractivity contribution is 0.0694. The van der Waals surface area contributed by atoms with Crippen LogP contribution in [0.5, 0.6) is 5.75 Å². The zero-order valence-electron chi connectivity index (χ0n) is 17.0. The van der Waals surface area contributed by atoms with Gasteiger partial charge in [-0.25, -0.2) is 23.5 Å². The minimum atomic E-state index is -1.36. The van der Waals surface area contributed by atoms with Gasteiger partial charge in [-0.1, -0.05) is 0 Å². The maximum Gasteiger partial charge on any atom is 0.341 e. The maximum absolute atomic E-state index is 15.3. The maximum atomic E-state index is 15.3. The Morgan fingerprint density at radius 1 is 1.31 bits per heavy atom. The van der Waals surface area contributed by atoms with Gasteiger partial charge in [0.25, 0.3) is 0 Å². The number of hydrogen-bond donors (Lipinski definition) is 2. The normalized spacial score (nSPS) is 19.8. The molecule has 166 valence electrons. The summed E-state index contributed by atoms with van der Waals surface area (Å²) in [5.41, 5.74) is -0.546. The van der Waals surface area contributed by atoms with E-state index in [0.717, 1.165) is 18.5 Å². The predicted molar refractivity (Wildman–Crippen MR) is 112 cm³/mol. The summed E-state index contributed by atoms with van der Waals surface area (Å²) in [6, 6.07) is 0.748. The zero-order valence-corrected chi connectivity index (χ0v) is 17.0. The third-order valence-electron chi connectivity index (χ3n) is 5.83. The fourth-order valence-corrected chi connectivity index (χ4v) is 4.31. The lowest BCUT2D eigenvalue weighted by Gasteiger charge is -2.31. The Kier molecular flexibility index (Phi) is 4.68. The summed E-state index contributed by atoms with van der Waals surface area (Å²) < 4.78 is 35.9. The zero-order chi connectivity index (χ0) is 22.6. The average Bonchev–Trinajstić information content (AvgIpc) is 3.21. The molecule has 2 aromatic heterocycles. The molecule has 11 heteroatoms. The minimum absolute atomic E-state index is 0.0266. The first kappa shape index (κ1) is 20.2. The number of hydrogen-bond acceptors (Lipinski definition) is 7. The van der Waals surface area contributed by atoms with Gasteiger partial charge in [0.15, 0.2) is 17.4 Å². The fourth-order valence-electron chi connectivity index (χ4n) is 4.31. The molecule has 2 aliphatic rings. The van der Waals surface area contributed by atoms with Crippen molar-refractivity contribution in [1.29, 1.82) is 0 Å². The van der Waals surface area contributed by atoms with Crippen LogP contribution < -0.4 is 20.4 Å². The van der Waals surface area contributed by atoms with Gasteiger partial charge in [0.1, 0.15) is 17.9 Å². The molecular formula is C21H19F2N5O4. The molecule has 2 atom stereocenters. The number of nitrogens with one attached hydrogen (secondary N) is 1. The Morgan fingerprint density at radius 2 is 2.06 bits per heavy atom. The number of benzene rings is 1. The van der Waals surface area contributed by atoms with Crippen LogP contribution in [0.2, 0.25) is 0 Å². The van der Waals surface area contributed by atoms with Gasteiger partial charge in [0.05, 0.1) is 29.3 Å². The van der Waals surface area contributed by atoms with Crippen molar-refractivity contribution in [2.75, 3.05) is 29.9 Å². The monoisotopic (exact) mass is 443 g/mol. The summed E-state index contributed by atoms with van der Waals surface area (Å²) in [7, 11) is 0. The lowest BCUT2D eigenvalue weighted by atomic mass is 10.1. The van der Waals surface area contributed by atoms with Crippen molar-refractivity contribution in [2.24, 2.45) is 0 Å². The number of aromatic nitrogens is 3. The van der Waals surface area contributed by atoms with Gasteiger partial charge < -0.3 is 24.6 Å². The SMILES string of the molecule is C[C@H]1COc2c(N3CCC(Nc4ncc(F)cn4)C3)c(F)cc3c(=O)c(C(=O)O)cn1c23. The second kappa shape index (κ2) is 7.43. The molecule has 0 spiro atoms. The Hall–Kier alpha value is -3.76. The average molecular weight is 443 g/mol. The van der Waals surface area contributed by atoms with Gasteiger partial charge in [0.2, 0.25) is 11.4 Å². The molecule has 1 saturated heterocycles. The minimum Gasteiger partial charge on any atom is -0.487 e. The van der Waals surface area contributed by atoms with Crippen LogP contribution in [-0.4, -0.2) is 51.3 Å². The van der Waals surface area contributed by atoms with Gasteiger partial charge >= 0.3 is 5.97 Å². The lowest BCUT2D eigenvalue weighted by Crippen LogP contribution is -2.30. The van der Waals surface area contributed by atoms with Crippen LogP contribution in [0.3, 0.4) is 0 Å². The molecule has 9 nitrogen and oxygen atoms in total. The first-order chi connectivity index (χ1) is 15.3. The number of aromatic carboxylic acids is 1. The third kappa shape index (κ3) is 3.20. The van der Waals surface area contributed by atoms with E-state index in [9.17, 15) is 19.1 Å². The molecule has 2 aliphatic heterocycles. The van der Waals surface area contributed by atoms with Gasteiger partial charge in [-0.2, -0.15) is 0 Å². The highest BCUT2D eigenvalue weighted by Gasteiger charge is 2.33. The molecule has 0 amide bonds. The largest absolute Gasteiger partial charge is 0.487 e. The summed E-state index contributed by atoms with van der Waals surface area (Å²) in [5, 5.41) is 12.5. The van der Waals surface area contributed by atoms with Gasteiger partial charge in [0, 0.05) is 25.3 Å². The van der Waals surface area contributed by atoms with Gasteiger partial charge in [-0.3, -0.25) is 4.79 Å². The van der Waals surface area contributed by atoms with Crippen molar-refractivity contribution in [3.63, 3.8) is 0 Å². The van der Waals surface area contributed by atoms with Crippen LogP contribution >= 0.6 is 0 Å². The summed E-state index contributed by atoms with van der Waals surface area (Å²) in [6.07, 6.45) is 4.08. The number of ether oxygens (including phenoxy) is 1. The van der Waals surface area contributed by atoms with E-state index in [-0.39, 0.29) is 41.5 Å². The number of rotatable bonds is 4. The van der Waals surface area contributed by atoms with E-state index in [1.807, 2.05) is 6.92 Å². The van der Waals surface area contributed by atoms with E-state index in [1.54, 1.807) is 9.47 Å². The standard InChI is InChI=1S/C21H19F2N5O4/c1-10-9-32-19-16-13(18(29)14(20(30)31)8-28(10)16)4-15(23)17(19)27-3-2-12(7-27)26-21-24-5-11(22)6-25-21/h4-6,8,10,12H,2-3,7,9H2,1H3,(H,30,31)(H,24,25,26)/t10-,12?/m0/s1. The highest BCUT2D eigenvalue weighted by atomic mass is 19.1. The molecular weight excluding hydrogens is 424 g/mol. The van der Waals surface area contributed by atoms with E-state index in [0.29, 0.717) is 25.0 Å². The topological polar surface area (TPSA) is 110 Å².